The van der Waals surface area contributed by atoms with E-state index in [-0.39, 0.29) is 16.9 Å². The lowest BCUT2D eigenvalue weighted by Gasteiger charge is -2.08. The molecule has 0 radical (unpaired) electrons. The standard InChI is InChI=1S/C14H13ClFN3O/c1-8-3-4-10(7-11(8)16)18-14(20)9-5-12(15)19-13(6-9)17-2/h3-7H,1-2H3,(H,17,19)(H,18,20). The van der Waals surface area contributed by atoms with Gasteiger partial charge in [-0.15, -0.1) is 0 Å². The third kappa shape index (κ3) is 3.24. The van der Waals surface area contributed by atoms with Crippen LogP contribution in [0.1, 0.15) is 15.9 Å². The first-order valence-electron chi connectivity index (χ1n) is 5.92. The van der Waals surface area contributed by atoms with E-state index in [9.17, 15) is 9.18 Å². The molecule has 104 valence electrons. The number of aryl methyl sites for hydroxylation is 1. The Labute approximate surface area is 121 Å². The number of rotatable bonds is 3. The second kappa shape index (κ2) is 5.88. The smallest absolute Gasteiger partial charge is 0.255 e. The summed E-state index contributed by atoms with van der Waals surface area (Å²) in [6, 6.07) is 7.52. The number of pyridine rings is 1. The molecular weight excluding hydrogens is 281 g/mol. The van der Waals surface area contributed by atoms with Gasteiger partial charge in [-0.25, -0.2) is 9.37 Å². The molecule has 2 rings (SSSR count). The van der Waals surface area contributed by atoms with Gasteiger partial charge in [-0.2, -0.15) is 0 Å². The van der Waals surface area contributed by atoms with E-state index in [0.29, 0.717) is 22.6 Å². The number of anilines is 2. The van der Waals surface area contributed by atoms with Gasteiger partial charge in [0.15, 0.2) is 0 Å². The lowest BCUT2D eigenvalue weighted by molar-refractivity contribution is 0.102. The molecule has 0 atom stereocenters. The largest absolute Gasteiger partial charge is 0.373 e. The van der Waals surface area contributed by atoms with E-state index in [0.717, 1.165) is 0 Å². The minimum atomic E-state index is -0.381. The van der Waals surface area contributed by atoms with Gasteiger partial charge in [-0.1, -0.05) is 17.7 Å². The van der Waals surface area contributed by atoms with Gasteiger partial charge in [0.25, 0.3) is 5.91 Å². The molecular formula is C14H13ClFN3O. The monoisotopic (exact) mass is 293 g/mol. The summed E-state index contributed by atoms with van der Waals surface area (Å²) in [6.45, 7) is 1.66. The van der Waals surface area contributed by atoms with Crippen LogP contribution in [-0.4, -0.2) is 17.9 Å². The van der Waals surface area contributed by atoms with E-state index < -0.39 is 0 Å². The molecule has 0 spiro atoms. The summed E-state index contributed by atoms with van der Waals surface area (Å²) in [5.74, 6) is -0.265. The summed E-state index contributed by atoms with van der Waals surface area (Å²) in [5.41, 5.74) is 1.25. The van der Waals surface area contributed by atoms with Gasteiger partial charge in [0, 0.05) is 18.3 Å². The lowest BCUT2D eigenvalue weighted by atomic mass is 10.2. The maximum atomic E-state index is 13.4. The molecule has 1 amide bonds. The van der Waals surface area contributed by atoms with Crippen LogP contribution in [0.4, 0.5) is 15.9 Å². The highest BCUT2D eigenvalue weighted by Gasteiger charge is 2.10. The van der Waals surface area contributed by atoms with Crippen LogP contribution in [0, 0.1) is 12.7 Å². The van der Waals surface area contributed by atoms with Crippen molar-refractivity contribution in [2.75, 3.05) is 17.7 Å². The van der Waals surface area contributed by atoms with E-state index >= 15 is 0 Å². The Morgan fingerprint density at radius 3 is 2.70 bits per heavy atom. The molecule has 1 aromatic carbocycles. The Hall–Kier alpha value is -2.14. The summed E-state index contributed by atoms with van der Waals surface area (Å²) < 4.78 is 13.4. The van der Waals surface area contributed by atoms with Gasteiger partial charge >= 0.3 is 0 Å². The summed E-state index contributed by atoms with van der Waals surface area (Å²) in [7, 11) is 1.68. The van der Waals surface area contributed by atoms with E-state index in [1.807, 2.05) is 0 Å². The normalized spacial score (nSPS) is 10.2. The van der Waals surface area contributed by atoms with E-state index in [1.54, 1.807) is 32.2 Å². The maximum Gasteiger partial charge on any atom is 0.255 e. The zero-order chi connectivity index (χ0) is 14.7. The molecule has 6 heteroatoms. The fourth-order valence-corrected chi connectivity index (χ4v) is 1.84. The zero-order valence-electron chi connectivity index (χ0n) is 11.0. The van der Waals surface area contributed by atoms with E-state index in [1.165, 1.54) is 12.1 Å². The van der Waals surface area contributed by atoms with Gasteiger partial charge in [0.1, 0.15) is 16.8 Å². The van der Waals surface area contributed by atoms with Crippen LogP contribution < -0.4 is 10.6 Å². The summed E-state index contributed by atoms with van der Waals surface area (Å²) in [5, 5.41) is 5.63. The van der Waals surface area contributed by atoms with Crippen molar-refractivity contribution in [2.24, 2.45) is 0 Å². The minimum Gasteiger partial charge on any atom is -0.373 e. The van der Waals surface area contributed by atoms with Crippen molar-refractivity contribution in [1.29, 1.82) is 0 Å². The topological polar surface area (TPSA) is 54.0 Å². The molecule has 1 aromatic heterocycles. The molecule has 20 heavy (non-hydrogen) atoms. The second-order valence-corrected chi connectivity index (χ2v) is 4.62. The molecule has 0 unspecified atom stereocenters. The summed E-state index contributed by atoms with van der Waals surface area (Å²) >= 11 is 5.83. The molecule has 0 aliphatic carbocycles. The van der Waals surface area contributed by atoms with Crippen LogP contribution in [0.25, 0.3) is 0 Å². The summed E-state index contributed by atoms with van der Waals surface area (Å²) in [6.07, 6.45) is 0. The maximum absolute atomic E-state index is 13.4. The quantitative estimate of drug-likeness (QED) is 0.852. The molecule has 4 nitrogen and oxygen atoms in total. The van der Waals surface area contributed by atoms with Crippen LogP contribution in [0.3, 0.4) is 0 Å². The van der Waals surface area contributed by atoms with Crippen molar-refractivity contribution in [3.8, 4) is 0 Å². The van der Waals surface area contributed by atoms with Crippen molar-refractivity contribution < 1.29 is 9.18 Å². The molecule has 0 bridgehead atoms. The Kier molecular flexibility index (Phi) is 4.20. The fraction of sp³-hybridized carbons (Fsp3) is 0.143. The number of carbonyl (C=O) groups is 1. The summed E-state index contributed by atoms with van der Waals surface area (Å²) in [4.78, 5) is 16.1. The highest BCUT2D eigenvalue weighted by Crippen LogP contribution is 2.17. The van der Waals surface area contributed by atoms with Crippen molar-refractivity contribution in [3.63, 3.8) is 0 Å². The average molecular weight is 294 g/mol. The van der Waals surface area contributed by atoms with Gasteiger partial charge in [0.05, 0.1) is 0 Å². The van der Waals surface area contributed by atoms with Gasteiger partial charge in [0.2, 0.25) is 0 Å². The first kappa shape index (κ1) is 14.3. The van der Waals surface area contributed by atoms with Crippen LogP contribution in [-0.2, 0) is 0 Å². The Bertz CT molecular complexity index is 661. The number of hydrogen-bond acceptors (Lipinski definition) is 3. The number of amides is 1. The first-order valence-corrected chi connectivity index (χ1v) is 6.30. The van der Waals surface area contributed by atoms with Crippen molar-refractivity contribution in [2.45, 2.75) is 6.92 Å². The van der Waals surface area contributed by atoms with Crippen LogP contribution in [0.5, 0.6) is 0 Å². The zero-order valence-corrected chi connectivity index (χ0v) is 11.8. The van der Waals surface area contributed by atoms with Crippen molar-refractivity contribution in [1.82, 2.24) is 4.98 Å². The third-order valence-electron chi connectivity index (χ3n) is 2.74. The Balaban J connectivity index is 2.23. The molecule has 2 aromatic rings. The molecule has 1 heterocycles. The lowest BCUT2D eigenvalue weighted by Crippen LogP contribution is -2.13. The highest BCUT2D eigenvalue weighted by molar-refractivity contribution is 6.30. The van der Waals surface area contributed by atoms with Crippen LogP contribution in [0.2, 0.25) is 5.15 Å². The number of halogens is 2. The Morgan fingerprint density at radius 2 is 2.05 bits per heavy atom. The molecule has 0 saturated heterocycles. The average Bonchev–Trinajstić information content (AvgIpc) is 2.42. The van der Waals surface area contributed by atoms with Gasteiger partial charge in [-0.3, -0.25) is 4.79 Å². The highest BCUT2D eigenvalue weighted by atomic mass is 35.5. The first-order chi connectivity index (χ1) is 9.49. The van der Waals surface area contributed by atoms with E-state index in [4.69, 9.17) is 11.6 Å². The van der Waals surface area contributed by atoms with Crippen LogP contribution in [0.15, 0.2) is 30.3 Å². The van der Waals surface area contributed by atoms with Gasteiger partial charge < -0.3 is 10.6 Å². The van der Waals surface area contributed by atoms with E-state index in [2.05, 4.69) is 15.6 Å². The number of hydrogen-bond donors (Lipinski definition) is 2. The van der Waals surface area contributed by atoms with Crippen LogP contribution >= 0.6 is 11.6 Å². The number of benzene rings is 1. The third-order valence-corrected chi connectivity index (χ3v) is 2.94. The molecule has 0 aliphatic rings. The SMILES string of the molecule is CNc1cc(C(=O)Nc2ccc(C)c(F)c2)cc(Cl)n1. The molecule has 0 aliphatic heterocycles. The van der Waals surface area contributed by atoms with Crippen molar-refractivity contribution in [3.05, 3.63) is 52.4 Å². The minimum absolute atomic E-state index is 0.206. The number of nitrogens with one attached hydrogen (secondary N) is 2. The fourth-order valence-electron chi connectivity index (χ4n) is 1.63. The molecule has 0 saturated carbocycles. The van der Waals surface area contributed by atoms with Crippen molar-refractivity contribution >= 4 is 29.0 Å². The number of carbonyl (C=O) groups excluding carboxylic acids is 1. The van der Waals surface area contributed by atoms with Gasteiger partial charge in [-0.05, 0) is 36.8 Å². The number of nitrogens with zero attached hydrogens (tertiary/aromatic N) is 1. The molecule has 0 fully saturated rings. The Morgan fingerprint density at radius 1 is 1.30 bits per heavy atom. The second-order valence-electron chi connectivity index (χ2n) is 4.23. The number of aromatic nitrogens is 1. The predicted octanol–water partition coefficient (Wildman–Crippen LogP) is 3.48. The molecule has 2 N–H and O–H groups in total. The predicted molar refractivity (Wildman–Crippen MR) is 77.9 cm³/mol.